The van der Waals surface area contributed by atoms with Crippen LogP contribution >= 0.6 is 23.4 Å². The van der Waals surface area contributed by atoms with E-state index >= 15 is 0 Å². The van der Waals surface area contributed by atoms with Gasteiger partial charge in [-0.2, -0.15) is 0 Å². The molecule has 0 spiro atoms. The fourth-order valence-electron chi connectivity index (χ4n) is 3.26. The fourth-order valence-corrected chi connectivity index (χ4v) is 4.34. The molecule has 0 bridgehead atoms. The number of hydrogen-bond acceptors (Lipinski definition) is 6. The number of thioether (sulfide) groups is 1. The molecule has 6 nitrogen and oxygen atoms in total. The molecule has 0 atom stereocenters. The quantitative estimate of drug-likeness (QED) is 0.507. The molecule has 0 aliphatic carbocycles. The van der Waals surface area contributed by atoms with Crippen molar-refractivity contribution in [3.63, 3.8) is 0 Å². The molecular formula is C23H18ClNO5S. The summed E-state index contributed by atoms with van der Waals surface area (Å²) in [6.45, 7) is 0.269. The number of ether oxygens (including phenoxy) is 2. The predicted octanol–water partition coefficient (Wildman–Crippen LogP) is 5.32. The molecule has 1 N–H and O–H groups in total. The Hall–Kier alpha value is -3.16. The number of carbonyl (C=O) groups is 2. The van der Waals surface area contributed by atoms with Crippen molar-refractivity contribution in [3.8, 4) is 17.2 Å². The number of imide groups is 1. The summed E-state index contributed by atoms with van der Waals surface area (Å²) < 4.78 is 10.9. The van der Waals surface area contributed by atoms with E-state index in [1.807, 2.05) is 42.5 Å². The molecule has 0 radical (unpaired) electrons. The second kappa shape index (κ2) is 8.91. The van der Waals surface area contributed by atoms with Gasteiger partial charge in [-0.15, -0.1) is 0 Å². The number of phenolic OH excluding ortho intramolecular Hbond substituents is 1. The maximum Gasteiger partial charge on any atom is 0.293 e. The lowest BCUT2D eigenvalue weighted by Crippen LogP contribution is -2.32. The molecule has 2 amide bonds. The SMILES string of the molecule is COc1cc(Cl)cc(/C=C2\SC(=O)N(CCOc3cccc4ccccc34)C2=O)c1O. The van der Waals surface area contributed by atoms with E-state index < -0.39 is 11.1 Å². The van der Waals surface area contributed by atoms with Gasteiger partial charge in [0.1, 0.15) is 12.4 Å². The van der Waals surface area contributed by atoms with Crippen molar-refractivity contribution in [2.75, 3.05) is 20.3 Å². The zero-order valence-corrected chi connectivity index (χ0v) is 18.1. The topological polar surface area (TPSA) is 76.1 Å². The second-order valence-electron chi connectivity index (χ2n) is 6.70. The highest BCUT2D eigenvalue weighted by atomic mass is 35.5. The zero-order valence-electron chi connectivity index (χ0n) is 16.5. The maximum absolute atomic E-state index is 12.7. The number of methoxy groups -OCH3 is 1. The lowest BCUT2D eigenvalue weighted by atomic mass is 10.1. The van der Waals surface area contributed by atoms with Gasteiger partial charge in [-0.3, -0.25) is 14.5 Å². The molecule has 31 heavy (non-hydrogen) atoms. The average Bonchev–Trinajstić information content (AvgIpc) is 3.03. The van der Waals surface area contributed by atoms with Gasteiger partial charge < -0.3 is 14.6 Å². The van der Waals surface area contributed by atoms with Gasteiger partial charge >= 0.3 is 0 Å². The van der Waals surface area contributed by atoms with Crippen molar-refractivity contribution in [2.45, 2.75) is 0 Å². The smallest absolute Gasteiger partial charge is 0.293 e. The van der Waals surface area contributed by atoms with E-state index in [0.717, 1.165) is 27.4 Å². The second-order valence-corrected chi connectivity index (χ2v) is 8.13. The van der Waals surface area contributed by atoms with E-state index in [1.165, 1.54) is 25.3 Å². The van der Waals surface area contributed by atoms with Gasteiger partial charge in [-0.05, 0) is 35.4 Å². The van der Waals surface area contributed by atoms with E-state index in [4.69, 9.17) is 21.1 Å². The van der Waals surface area contributed by atoms with Crippen molar-refractivity contribution in [1.29, 1.82) is 0 Å². The Morgan fingerprint density at radius 2 is 1.87 bits per heavy atom. The normalized spacial score (nSPS) is 15.2. The molecule has 0 aromatic heterocycles. The molecule has 3 aromatic rings. The van der Waals surface area contributed by atoms with E-state index in [-0.39, 0.29) is 29.6 Å². The Morgan fingerprint density at radius 1 is 1.10 bits per heavy atom. The molecule has 3 aromatic carbocycles. The number of phenols is 1. The van der Waals surface area contributed by atoms with Crippen molar-refractivity contribution in [2.24, 2.45) is 0 Å². The minimum atomic E-state index is -0.449. The summed E-state index contributed by atoms with van der Waals surface area (Å²) in [7, 11) is 1.40. The minimum absolute atomic E-state index is 0.107. The number of benzene rings is 3. The lowest BCUT2D eigenvalue weighted by Gasteiger charge is -2.14. The van der Waals surface area contributed by atoms with Crippen LogP contribution in [0.3, 0.4) is 0 Å². The average molecular weight is 456 g/mol. The van der Waals surface area contributed by atoms with Crippen molar-refractivity contribution < 1.29 is 24.2 Å². The van der Waals surface area contributed by atoms with Crippen LogP contribution in [0, 0.1) is 0 Å². The Morgan fingerprint density at radius 3 is 2.68 bits per heavy atom. The standard InChI is InChI=1S/C23H18ClNO5S/c1-29-19-13-16(24)11-15(21(19)26)12-20-22(27)25(23(28)31-20)9-10-30-18-8-4-6-14-5-2-3-7-17(14)18/h2-8,11-13,26H,9-10H2,1H3/b20-12-. The van der Waals surface area contributed by atoms with Crippen LogP contribution in [0.15, 0.2) is 59.5 Å². The number of fused-ring (bicyclic) bond motifs is 1. The minimum Gasteiger partial charge on any atom is -0.504 e. The molecule has 1 saturated heterocycles. The molecule has 158 valence electrons. The summed E-state index contributed by atoms with van der Waals surface area (Å²) in [5, 5.41) is 12.2. The van der Waals surface area contributed by atoms with Gasteiger partial charge in [-0.1, -0.05) is 48.0 Å². The third kappa shape index (κ3) is 4.33. The molecule has 1 aliphatic rings. The van der Waals surface area contributed by atoms with Crippen LogP contribution in [0.4, 0.5) is 4.79 Å². The number of halogens is 1. The molecule has 0 unspecified atom stereocenters. The van der Waals surface area contributed by atoms with Gasteiger partial charge in [0, 0.05) is 22.0 Å². The summed E-state index contributed by atoms with van der Waals surface area (Å²) in [6.07, 6.45) is 1.43. The van der Waals surface area contributed by atoms with Crippen LogP contribution in [0.2, 0.25) is 5.02 Å². The molecular weight excluding hydrogens is 438 g/mol. The van der Waals surface area contributed by atoms with Gasteiger partial charge in [0.2, 0.25) is 0 Å². The van der Waals surface area contributed by atoms with Crippen LogP contribution < -0.4 is 9.47 Å². The van der Waals surface area contributed by atoms with Crippen LogP contribution in [0.1, 0.15) is 5.56 Å². The van der Waals surface area contributed by atoms with Gasteiger partial charge in [0.15, 0.2) is 11.5 Å². The predicted molar refractivity (Wildman–Crippen MR) is 122 cm³/mol. The molecule has 8 heteroatoms. The number of hydrogen-bond donors (Lipinski definition) is 1. The van der Waals surface area contributed by atoms with Gasteiger partial charge in [0.25, 0.3) is 11.1 Å². The third-order valence-corrected chi connectivity index (χ3v) is 5.90. The van der Waals surface area contributed by atoms with Crippen molar-refractivity contribution in [1.82, 2.24) is 4.90 Å². The molecule has 1 heterocycles. The lowest BCUT2D eigenvalue weighted by molar-refractivity contribution is -0.123. The zero-order chi connectivity index (χ0) is 22.0. The summed E-state index contributed by atoms with van der Waals surface area (Å²) in [5.74, 6) is 0.269. The molecule has 4 rings (SSSR count). The first kappa shape index (κ1) is 21.1. The Balaban J connectivity index is 1.48. The van der Waals surface area contributed by atoms with Crippen LogP contribution in [0.5, 0.6) is 17.2 Å². The highest BCUT2D eigenvalue weighted by Crippen LogP contribution is 2.38. The third-order valence-electron chi connectivity index (χ3n) is 4.77. The van der Waals surface area contributed by atoms with Crippen molar-refractivity contribution >= 4 is 51.4 Å². The number of amides is 2. The van der Waals surface area contributed by atoms with E-state index in [2.05, 4.69) is 0 Å². The molecule has 1 aliphatic heterocycles. The summed E-state index contributed by atoms with van der Waals surface area (Å²) in [5.41, 5.74) is 0.293. The Bertz CT molecular complexity index is 1200. The summed E-state index contributed by atoms with van der Waals surface area (Å²) in [6, 6.07) is 16.5. The first-order valence-corrected chi connectivity index (χ1v) is 10.6. The van der Waals surface area contributed by atoms with Crippen LogP contribution in [0.25, 0.3) is 16.8 Å². The molecule has 0 saturated carbocycles. The molecule has 1 fully saturated rings. The van der Waals surface area contributed by atoms with Crippen LogP contribution in [-0.4, -0.2) is 41.4 Å². The number of aromatic hydroxyl groups is 1. The van der Waals surface area contributed by atoms with Crippen molar-refractivity contribution in [3.05, 3.63) is 70.1 Å². The Labute approximate surface area is 188 Å². The number of carbonyl (C=O) groups excluding carboxylic acids is 2. The maximum atomic E-state index is 12.7. The Kier molecular flexibility index (Phi) is 6.06. The van der Waals surface area contributed by atoms with E-state index in [0.29, 0.717) is 16.3 Å². The summed E-state index contributed by atoms with van der Waals surface area (Å²) in [4.78, 5) is 26.4. The first-order chi connectivity index (χ1) is 15.0. The van der Waals surface area contributed by atoms with Gasteiger partial charge in [0.05, 0.1) is 18.6 Å². The first-order valence-electron chi connectivity index (χ1n) is 9.40. The number of nitrogens with zero attached hydrogens (tertiary/aromatic N) is 1. The largest absolute Gasteiger partial charge is 0.504 e. The summed E-state index contributed by atoms with van der Waals surface area (Å²) >= 11 is 6.84. The highest BCUT2D eigenvalue weighted by molar-refractivity contribution is 8.18. The van der Waals surface area contributed by atoms with Crippen LogP contribution in [-0.2, 0) is 4.79 Å². The monoisotopic (exact) mass is 455 g/mol. The van der Waals surface area contributed by atoms with E-state index in [1.54, 1.807) is 0 Å². The van der Waals surface area contributed by atoms with E-state index in [9.17, 15) is 14.7 Å². The highest BCUT2D eigenvalue weighted by Gasteiger charge is 2.35. The van der Waals surface area contributed by atoms with Gasteiger partial charge in [-0.25, -0.2) is 0 Å². The number of rotatable bonds is 6. The fraction of sp³-hybridized carbons (Fsp3) is 0.130.